The van der Waals surface area contributed by atoms with Gasteiger partial charge in [0.2, 0.25) is 0 Å². The Balaban J connectivity index is 2.54. The summed E-state index contributed by atoms with van der Waals surface area (Å²) in [6, 6.07) is 7.28. The van der Waals surface area contributed by atoms with Crippen molar-refractivity contribution in [2.24, 2.45) is 17.1 Å². The second-order valence-corrected chi connectivity index (χ2v) is 6.37. The Morgan fingerprint density at radius 2 is 2.11 bits per heavy atom. The Kier molecular flexibility index (Phi) is 5.83. The van der Waals surface area contributed by atoms with E-state index in [2.05, 4.69) is 20.8 Å². The molecular formula is C15H22ClNO2. The van der Waals surface area contributed by atoms with E-state index in [9.17, 15) is 4.79 Å². The first-order chi connectivity index (χ1) is 8.81. The van der Waals surface area contributed by atoms with Crippen LogP contribution in [0.5, 0.6) is 0 Å². The highest BCUT2D eigenvalue weighted by molar-refractivity contribution is 6.30. The molecule has 106 valence electrons. The molecule has 0 heterocycles. The number of ether oxygens (including phenoxy) is 1. The number of rotatable bonds is 5. The van der Waals surface area contributed by atoms with Gasteiger partial charge in [-0.05, 0) is 29.5 Å². The van der Waals surface area contributed by atoms with Crippen LogP contribution >= 0.6 is 11.6 Å². The molecule has 1 unspecified atom stereocenters. The molecule has 3 nitrogen and oxygen atoms in total. The summed E-state index contributed by atoms with van der Waals surface area (Å²) in [5.74, 6) is -0.489. The number of carbonyl (C=O) groups excluding carboxylic acids is 1. The summed E-state index contributed by atoms with van der Waals surface area (Å²) in [6.07, 6.45) is 0.720. The molecule has 0 radical (unpaired) electrons. The molecule has 0 aliphatic carbocycles. The maximum absolute atomic E-state index is 12.0. The van der Waals surface area contributed by atoms with Gasteiger partial charge in [-0.2, -0.15) is 0 Å². The van der Waals surface area contributed by atoms with Crippen LogP contribution in [-0.2, 0) is 16.1 Å². The highest BCUT2D eigenvalue weighted by Crippen LogP contribution is 2.25. The third-order valence-electron chi connectivity index (χ3n) is 2.75. The number of esters is 1. The van der Waals surface area contributed by atoms with Crippen molar-refractivity contribution in [2.75, 3.05) is 6.54 Å². The monoisotopic (exact) mass is 283 g/mol. The fraction of sp³-hybridized carbons (Fsp3) is 0.533. The van der Waals surface area contributed by atoms with Crippen molar-refractivity contribution >= 4 is 17.6 Å². The lowest BCUT2D eigenvalue weighted by molar-refractivity contribution is -0.150. The number of hydrogen-bond donors (Lipinski definition) is 1. The molecule has 0 saturated carbocycles. The van der Waals surface area contributed by atoms with Crippen LogP contribution < -0.4 is 5.73 Å². The van der Waals surface area contributed by atoms with E-state index in [4.69, 9.17) is 22.1 Å². The van der Waals surface area contributed by atoms with Crippen molar-refractivity contribution in [1.82, 2.24) is 0 Å². The molecular weight excluding hydrogens is 262 g/mol. The molecule has 1 rings (SSSR count). The van der Waals surface area contributed by atoms with Crippen LogP contribution in [0.3, 0.4) is 0 Å². The van der Waals surface area contributed by atoms with E-state index >= 15 is 0 Å². The molecule has 4 heteroatoms. The molecule has 0 amide bonds. The Morgan fingerprint density at radius 3 is 2.63 bits per heavy atom. The van der Waals surface area contributed by atoms with Gasteiger partial charge in [-0.1, -0.05) is 44.5 Å². The van der Waals surface area contributed by atoms with E-state index in [0.29, 0.717) is 11.6 Å². The summed E-state index contributed by atoms with van der Waals surface area (Å²) in [6.45, 7) is 6.80. The average molecular weight is 284 g/mol. The van der Waals surface area contributed by atoms with Gasteiger partial charge in [0.1, 0.15) is 6.61 Å². The van der Waals surface area contributed by atoms with Crippen LogP contribution in [0.2, 0.25) is 5.02 Å². The molecule has 0 bridgehead atoms. The SMILES string of the molecule is CC(C)(C)CC(CN)C(=O)OCc1cccc(Cl)c1. The van der Waals surface area contributed by atoms with Crippen molar-refractivity contribution in [2.45, 2.75) is 33.8 Å². The average Bonchev–Trinajstić information content (AvgIpc) is 2.32. The zero-order valence-corrected chi connectivity index (χ0v) is 12.5. The summed E-state index contributed by atoms with van der Waals surface area (Å²) < 4.78 is 5.30. The second-order valence-electron chi connectivity index (χ2n) is 5.94. The van der Waals surface area contributed by atoms with Crippen molar-refractivity contribution in [3.05, 3.63) is 34.9 Å². The first-order valence-electron chi connectivity index (χ1n) is 6.43. The van der Waals surface area contributed by atoms with Crippen LogP contribution in [0, 0.1) is 11.3 Å². The molecule has 0 aromatic heterocycles. The Hall–Kier alpha value is -1.06. The number of halogens is 1. The van der Waals surface area contributed by atoms with E-state index in [1.54, 1.807) is 12.1 Å². The number of hydrogen-bond acceptors (Lipinski definition) is 3. The maximum Gasteiger partial charge on any atom is 0.310 e. The zero-order chi connectivity index (χ0) is 14.5. The molecule has 0 saturated heterocycles. The zero-order valence-electron chi connectivity index (χ0n) is 11.8. The third-order valence-corrected chi connectivity index (χ3v) is 2.98. The van der Waals surface area contributed by atoms with Crippen molar-refractivity contribution < 1.29 is 9.53 Å². The molecule has 2 N–H and O–H groups in total. The molecule has 1 aromatic rings. The van der Waals surface area contributed by atoms with Gasteiger partial charge in [0.25, 0.3) is 0 Å². The predicted octanol–water partition coefficient (Wildman–Crippen LogP) is 3.39. The summed E-state index contributed by atoms with van der Waals surface area (Å²) in [5.41, 5.74) is 6.59. The highest BCUT2D eigenvalue weighted by atomic mass is 35.5. The maximum atomic E-state index is 12.0. The van der Waals surface area contributed by atoms with E-state index in [1.165, 1.54) is 0 Å². The first kappa shape index (κ1) is 16.0. The molecule has 0 aliphatic heterocycles. The van der Waals surface area contributed by atoms with Gasteiger partial charge >= 0.3 is 5.97 Å². The van der Waals surface area contributed by atoms with Gasteiger partial charge < -0.3 is 10.5 Å². The van der Waals surface area contributed by atoms with E-state index < -0.39 is 0 Å². The Bertz CT molecular complexity index is 426. The summed E-state index contributed by atoms with van der Waals surface area (Å²) in [5, 5.41) is 0.638. The normalized spacial score (nSPS) is 13.1. The molecule has 0 fully saturated rings. The summed E-state index contributed by atoms with van der Waals surface area (Å²) in [7, 11) is 0. The van der Waals surface area contributed by atoms with Crippen molar-refractivity contribution in [3.63, 3.8) is 0 Å². The highest BCUT2D eigenvalue weighted by Gasteiger charge is 2.24. The number of benzene rings is 1. The largest absolute Gasteiger partial charge is 0.461 e. The number of carbonyl (C=O) groups is 1. The van der Waals surface area contributed by atoms with E-state index in [0.717, 1.165) is 12.0 Å². The fourth-order valence-electron chi connectivity index (χ4n) is 1.90. The predicted molar refractivity (Wildman–Crippen MR) is 77.9 cm³/mol. The standard InChI is InChI=1S/C15H22ClNO2/c1-15(2,3)8-12(9-17)14(18)19-10-11-5-4-6-13(16)7-11/h4-7,12H,8-10,17H2,1-3H3. The summed E-state index contributed by atoms with van der Waals surface area (Å²) >= 11 is 5.88. The quantitative estimate of drug-likeness (QED) is 0.843. The molecule has 19 heavy (non-hydrogen) atoms. The van der Waals surface area contributed by atoms with E-state index in [-0.39, 0.29) is 23.9 Å². The second kappa shape index (κ2) is 6.92. The van der Waals surface area contributed by atoms with E-state index in [1.807, 2.05) is 12.1 Å². The summed E-state index contributed by atoms with van der Waals surface area (Å²) in [4.78, 5) is 12.0. The minimum atomic E-state index is -0.251. The van der Waals surface area contributed by atoms with Gasteiger partial charge in [-0.15, -0.1) is 0 Å². The van der Waals surface area contributed by atoms with Gasteiger partial charge in [0, 0.05) is 11.6 Å². The Morgan fingerprint density at radius 1 is 1.42 bits per heavy atom. The lowest BCUT2D eigenvalue weighted by Gasteiger charge is -2.23. The lowest BCUT2D eigenvalue weighted by Crippen LogP contribution is -2.29. The molecule has 1 aromatic carbocycles. The minimum absolute atomic E-state index is 0.0547. The lowest BCUT2D eigenvalue weighted by atomic mass is 9.85. The van der Waals surface area contributed by atoms with Gasteiger partial charge in [-0.25, -0.2) is 0 Å². The third kappa shape index (κ3) is 6.08. The molecule has 0 aliphatic rings. The minimum Gasteiger partial charge on any atom is -0.461 e. The van der Waals surface area contributed by atoms with Gasteiger partial charge in [0.05, 0.1) is 5.92 Å². The van der Waals surface area contributed by atoms with Crippen molar-refractivity contribution in [1.29, 1.82) is 0 Å². The van der Waals surface area contributed by atoms with Crippen molar-refractivity contribution in [3.8, 4) is 0 Å². The Labute approximate surface area is 120 Å². The fourth-order valence-corrected chi connectivity index (χ4v) is 2.11. The van der Waals surface area contributed by atoms with Crippen LogP contribution in [0.15, 0.2) is 24.3 Å². The smallest absolute Gasteiger partial charge is 0.310 e. The van der Waals surface area contributed by atoms with Gasteiger partial charge in [0.15, 0.2) is 0 Å². The van der Waals surface area contributed by atoms with Crippen LogP contribution in [0.25, 0.3) is 0 Å². The van der Waals surface area contributed by atoms with Crippen LogP contribution in [0.1, 0.15) is 32.8 Å². The topological polar surface area (TPSA) is 52.3 Å². The first-order valence-corrected chi connectivity index (χ1v) is 6.81. The molecule has 1 atom stereocenters. The van der Waals surface area contributed by atoms with Crippen LogP contribution in [-0.4, -0.2) is 12.5 Å². The number of nitrogens with two attached hydrogens (primary N) is 1. The van der Waals surface area contributed by atoms with Crippen LogP contribution in [0.4, 0.5) is 0 Å². The van der Waals surface area contributed by atoms with Gasteiger partial charge in [-0.3, -0.25) is 4.79 Å². The molecule has 0 spiro atoms.